The lowest BCUT2D eigenvalue weighted by Crippen LogP contribution is -1.73. The Morgan fingerprint density at radius 2 is 2.25 bits per heavy atom. The second-order valence-electron chi connectivity index (χ2n) is 2.56. The van der Waals surface area contributed by atoms with E-state index in [1.807, 2.05) is 13.0 Å². The highest BCUT2D eigenvalue weighted by Crippen LogP contribution is 2.31. The Morgan fingerprint density at radius 3 is 3.00 bits per heavy atom. The molecule has 2 rings (SSSR count). The Labute approximate surface area is 87.5 Å². The first-order valence-electron chi connectivity index (χ1n) is 3.39. The van der Waals surface area contributed by atoms with Crippen LogP contribution in [-0.2, 0) is 0 Å². The predicted octanol–water partition coefficient (Wildman–Crippen LogP) is 4.02. The third-order valence-corrected chi connectivity index (χ3v) is 3.31. The summed E-state index contributed by atoms with van der Waals surface area (Å²) < 4.78 is 2.01. The molecule has 0 aliphatic carbocycles. The summed E-state index contributed by atoms with van der Waals surface area (Å²) in [6, 6.07) is 4.01. The van der Waals surface area contributed by atoms with Crippen LogP contribution in [0, 0.1) is 6.92 Å². The van der Waals surface area contributed by atoms with Crippen molar-refractivity contribution in [1.29, 1.82) is 0 Å². The summed E-state index contributed by atoms with van der Waals surface area (Å²) >= 11 is 10.9. The van der Waals surface area contributed by atoms with Crippen LogP contribution in [0.25, 0.3) is 10.2 Å². The van der Waals surface area contributed by atoms with Crippen molar-refractivity contribution in [2.45, 2.75) is 6.92 Å². The highest BCUT2D eigenvalue weighted by molar-refractivity contribution is 9.11. The maximum atomic E-state index is 6.00. The van der Waals surface area contributed by atoms with Crippen molar-refractivity contribution in [2.24, 2.45) is 0 Å². The van der Waals surface area contributed by atoms with Crippen molar-refractivity contribution >= 4 is 49.1 Å². The van der Waals surface area contributed by atoms with Gasteiger partial charge in [0, 0.05) is 0 Å². The van der Waals surface area contributed by atoms with Gasteiger partial charge in [0.2, 0.25) is 0 Å². The smallest absolute Gasteiger partial charge is 0.160 e. The SMILES string of the molecule is Cc1cc(Cl)c2nc(Br)sc2c1. The normalized spacial score (nSPS) is 10.9. The molecule has 0 aliphatic rings. The first-order chi connectivity index (χ1) is 5.66. The van der Waals surface area contributed by atoms with Crippen LogP contribution < -0.4 is 0 Å². The number of hydrogen-bond acceptors (Lipinski definition) is 2. The second-order valence-corrected chi connectivity index (χ2v) is 5.27. The number of aromatic nitrogens is 1. The quantitative estimate of drug-likeness (QED) is 0.699. The monoisotopic (exact) mass is 261 g/mol. The number of hydrogen-bond donors (Lipinski definition) is 0. The molecule has 0 spiro atoms. The molecule has 0 unspecified atom stereocenters. The molecule has 0 saturated heterocycles. The molecule has 12 heavy (non-hydrogen) atoms. The molecular weight excluding hydrogens is 258 g/mol. The first kappa shape index (κ1) is 8.48. The molecule has 0 aliphatic heterocycles. The second kappa shape index (κ2) is 2.98. The lowest BCUT2D eigenvalue weighted by atomic mass is 10.2. The van der Waals surface area contributed by atoms with Crippen molar-refractivity contribution in [2.75, 3.05) is 0 Å². The van der Waals surface area contributed by atoms with E-state index in [1.54, 1.807) is 11.3 Å². The number of halogens is 2. The minimum Gasteiger partial charge on any atom is -0.227 e. The molecule has 1 aromatic carbocycles. The van der Waals surface area contributed by atoms with E-state index in [4.69, 9.17) is 11.6 Å². The van der Waals surface area contributed by atoms with Gasteiger partial charge in [0.1, 0.15) is 5.52 Å². The number of benzene rings is 1. The lowest BCUT2D eigenvalue weighted by Gasteiger charge is -1.93. The van der Waals surface area contributed by atoms with Crippen LogP contribution in [0.3, 0.4) is 0 Å². The topological polar surface area (TPSA) is 12.9 Å². The summed E-state index contributed by atoms with van der Waals surface area (Å²) in [6.07, 6.45) is 0. The maximum Gasteiger partial charge on any atom is 0.160 e. The Hall–Kier alpha value is -0.120. The molecule has 1 nitrogen and oxygen atoms in total. The molecule has 1 aromatic heterocycles. The van der Waals surface area contributed by atoms with E-state index in [0.717, 1.165) is 19.2 Å². The van der Waals surface area contributed by atoms with Gasteiger partial charge in [0.15, 0.2) is 3.92 Å². The van der Waals surface area contributed by atoms with E-state index in [-0.39, 0.29) is 0 Å². The van der Waals surface area contributed by atoms with Gasteiger partial charge in [-0.1, -0.05) is 11.6 Å². The van der Waals surface area contributed by atoms with Crippen LogP contribution >= 0.6 is 38.9 Å². The van der Waals surface area contributed by atoms with Gasteiger partial charge in [0.25, 0.3) is 0 Å². The molecule has 0 N–H and O–H groups in total. The Kier molecular flexibility index (Phi) is 2.10. The molecule has 0 fully saturated rings. The standard InChI is InChI=1S/C8H5BrClNS/c1-4-2-5(10)7-6(3-4)12-8(9)11-7/h2-3H,1H3. The van der Waals surface area contributed by atoms with Gasteiger partial charge in [-0.3, -0.25) is 0 Å². The summed E-state index contributed by atoms with van der Waals surface area (Å²) in [5.74, 6) is 0. The maximum absolute atomic E-state index is 6.00. The Bertz CT molecular complexity index is 438. The van der Waals surface area contributed by atoms with Gasteiger partial charge in [-0.25, -0.2) is 4.98 Å². The van der Waals surface area contributed by atoms with Crippen LogP contribution in [0.5, 0.6) is 0 Å². The van der Waals surface area contributed by atoms with Crippen LogP contribution in [0.2, 0.25) is 5.02 Å². The van der Waals surface area contributed by atoms with Gasteiger partial charge in [-0.15, -0.1) is 11.3 Å². The fraction of sp³-hybridized carbons (Fsp3) is 0.125. The minimum absolute atomic E-state index is 0.729. The van der Waals surface area contributed by atoms with E-state index < -0.39 is 0 Å². The molecule has 0 bridgehead atoms. The number of nitrogens with zero attached hydrogens (tertiary/aromatic N) is 1. The fourth-order valence-electron chi connectivity index (χ4n) is 1.09. The van der Waals surface area contributed by atoms with Gasteiger partial charge in [0.05, 0.1) is 9.72 Å². The zero-order chi connectivity index (χ0) is 8.72. The van der Waals surface area contributed by atoms with E-state index >= 15 is 0 Å². The van der Waals surface area contributed by atoms with Gasteiger partial charge in [-0.2, -0.15) is 0 Å². The Morgan fingerprint density at radius 1 is 1.50 bits per heavy atom. The third-order valence-electron chi connectivity index (χ3n) is 1.57. The van der Waals surface area contributed by atoms with E-state index in [2.05, 4.69) is 27.0 Å². The number of fused-ring (bicyclic) bond motifs is 1. The highest BCUT2D eigenvalue weighted by atomic mass is 79.9. The molecule has 0 amide bonds. The zero-order valence-corrected chi connectivity index (χ0v) is 9.42. The number of thiazole rings is 1. The molecule has 2 aromatic rings. The van der Waals surface area contributed by atoms with Gasteiger partial charge < -0.3 is 0 Å². The summed E-state index contributed by atoms with van der Waals surface area (Å²) in [5.41, 5.74) is 2.06. The Balaban J connectivity index is 2.88. The predicted molar refractivity (Wildman–Crippen MR) is 57.1 cm³/mol. The molecule has 0 saturated carbocycles. The molecule has 1 heterocycles. The number of aryl methyl sites for hydroxylation is 1. The number of rotatable bonds is 0. The largest absolute Gasteiger partial charge is 0.227 e. The van der Waals surface area contributed by atoms with Crippen LogP contribution in [-0.4, -0.2) is 4.98 Å². The minimum atomic E-state index is 0.729. The van der Waals surface area contributed by atoms with E-state index in [1.165, 1.54) is 5.56 Å². The highest BCUT2D eigenvalue weighted by Gasteiger charge is 2.05. The van der Waals surface area contributed by atoms with Crippen LogP contribution in [0.4, 0.5) is 0 Å². The fourth-order valence-corrected chi connectivity index (χ4v) is 2.98. The van der Waals surface area contributed by atoms with Crippen molar-refractivity contribution < 1.29 is 0 Å². The average Bonchev–Trinajstić information content (AvgIpc) is 2.29. The van der Waals surface area contributed by atoms with Gasteiger partial charge in [-0.05, 0) is 40.5 Å². The third kappa shape index (κ3) is 1.37. The van der Waals surface area contributed by atoms with Crippen molar-refractivity contribution in [3.8, 4) is 0 Å². The van der Waals surface area contributed by atoms with E-state index in [0.29, 0.717) is 0 Å². The summed E-state index contributed by atoms with van der Waals surface area (Å²) in [4.78, 5) is 4.26. The molecule has 0 atom stereocenters. The molecular formula is C8H5BrClNS. The van der Waals surface area contributed by atoms with Crippen molar-refractivity contribution in [3.05, 3.63) is 26.6 Å². The van der Waals surface area contributed by atoms with Crippen molar-refractivity contribution in [3.63, 3.8) is 0 Å². The lowest BCUT2D eigenvalue weighted by molar-refractivity contribution is 1.43. The van der Waals surface area contributed by atoms with Crippen LogP contribution in [0.15, 0.2) is 16.0 Å². The molecule has 0 radical (unpaired) electrons. The average molecular weight is 263 g/mol. The van der Waals surface area contributed by atoms with E-state index in [9.17, 15) is 0 Å². The molecule has 62 valence electrons. The molecule has 4 heteroatoms. The van der Waals surface area contributed by atoms with Crippen molar-refractivity contribution in [1.82, 2.24) is 4.98 Å². The summed E-state index contributed by atoms with van der Waals surface area (Å²) in [5, 5.41) is 0.729. The van der Waals surface area contributed by atoms with Crippen LogP contribution in [0.1, 0.15) is 5.56 Å². The summed E-state index contributed by atoms with van der Waals surface area (Å²) in [6.45, 7) is 2.03. The summed E-state index contributed by atoms with van der Waals surface area (Å²) in [7, 11) is 0. The first-order valence-corrected chi connectivity index (χ1v) is 5.38. The van der Waals surface area contributed by atoms with Gasteiger partial charge >= 0.3 is 0 Å². The zero-order valence-electron chi connectivity index (χ0n) is 6.27.